The van der Waals surface area contributed by atoms with Crippen LogP contribution < -0.4 is 10.1 Å². The number of carbonyl (C=O) groups excluding carboxylic acids is 2. The molecule has 0 heterocycles. The number of aryl methyl sites for hydroxylation is 1. The second-order valence-electron chi connectivity index (χ2n) is 6.22. The molecule has 2 rings (SSSR count). The van der Waals surface area contributed by atoms with Gasteiger partial charge in [0.15, 0.2) is 6.61 Å². The average Bonchev–Trinajstić information content (AvgIpc) is 2.60. The molecule has 27 heavy (non-hydrogen) atoms. The summed E-state index contributed by atoms with van der Waals surface area (Å²) in [6, 6.07) is 10.9. The van der Waals surface area contributed by atoms with Gasteiger partial charge in [0.2, 0.25) is 0 Å². The van der Waals surface area contributed by atoms with Gasteiger partial charge in [-0.1, -0.05) is 38.1 Å². The summed E-state index contributed by atoms with van der Waals surface area (Å²) < 4.78 is 33.7. The second-order valence-corrected chi connectivity index (χ2v) is 6.22. The molecule has 5 nitrogen and oxygen atoms in total. The molecule has 0 radical (unpaired) electrons. The lowest BCUT2D eigenvalue weighted by molar-refractivity contribution is -0.119. The Morgan fingerprint density at radius 2 is 1.81 bits per heavy atom. The van der Waals surface area contributed by atoms with Crippen molar-refractivity contribution in [3.63, 3.8) is 0 Å². The first kappa shape index (κ1) is 20.4. The van der Waals surface area contributed by atoms with Gasteiger partial charge in [-0.3, -0.25) is 4.79 Å². The number of hydrogen-bond donors (Lipinski definition) is 1. The molecule has 0 aliphatic carbocycles. The summed E-state index contributed by atoms with van der Waals surface area (Å²) in [5, 5.41) is 2.76. The highest BCUT2D eigenvalue weighted by Crippen LogP contribution is 2.27. The zero-order chi connectivity index (χ0) is 20.0. The van der Waals surface area contributed by atoms with Gasteiger partial charge in [-0.05, 0) is 42.2 Å². The summed E-state index contributed by atoms with van der Waals surface area (Å²) in [7, 11) is 0. The molecule has 2 aromatic carbocycles. The highest BCUT2D eigenvalue weighted by Gasteiger charge is 2.15. The third-order valence-electron chi connectivity index (χ3n) is 3.82. The Labute approximate surface area is 156 Å². The van der Waals surface area contributed by atoms with Gasteiger partial charge in [-0.15, -0.1) is 0 Å². The topological polar surface area (TPSA) is 64.6 Å². The lowest BCUT2D eigenvalue weighted by Crippen LogP contribution is -2.22. The SMILES string of the molecule is Cc1cccc(C(C)C)c1NC(=O)COC(=O)c1cccc(OC(F)F)c1. The first-order chi connectivity index (χ1) is 12.8. The first-order valence-corrected chi connectivity index (χ1v) is 8.39. The maximum atomic E-state index is 12.2. The summed E-state index contributed by atoms with van der Waals surface area (Å²) >= 11 is 0. The van der Waals surface area contributed by atoms with E-state index in [1.165, 1.54) is 18.2 Å². The van der Waals surface area contributed by atoms with Crippen LogP contribution in [0.1, 0.15) is 41.3 Å². The lowest BCUT2D eigenvalue weighted by Gasteiger charge is -2.16. The number of alkyl halides is 2. The number of rotatable bonds is 7. The van der Waals surface area contributed by atoms with Crippen molar-refractivity contribution in [1.29, 1.82) is 0 Å². The normalized spacial score (nSPS) is 10.8. The minimum absolute atomic E-state index is 0.0136. The van der Waals surface area contributed by atoms with Crippen molar-refractivity contribution in [1.82, 2.24) is 0 Å². The molecular weight excluding hydrogens is 356 g/mol. The van der Waals surface area contributed by atoms with Crippen LogP contribution in [-0.2, 0) is 9.53 Å². The van der Waals surface area contributed by atoms with E-state index in [-0.39, 0.29) is 17.2 Å². The van der Waals surface area contributed by atoms with E-state index in [1.807, 2.05) is 39.0 Å². The molecule has 0 aliphatic rings. The van der Waals surface area contributed by atoms with E-state index in [2.05, 4.69) is 10.1 Å². The average molecular weight is 377 g/mol. The Balaban J connectivity index is 1.99. The van der Waals surface area contributed by atoms with Crippen LogP contribution in [0.25, 0.3) is 0 Å². The van der Waals surface area contributed by atoms with Crippen molar-refractivity contribution in [3.8, 4) is 5.75 Å². The zero-order valence-corrected chi connectivity index (χ0v) is 15.3. The molecule has 0 bridgehead atoms. The Morgan fingerprint density at radius 1 is 1.11 bits per heavy atom. The highest BCUT2D eigenvalue weighted by atomic mass is 19.3. The lowest BCUT2D eigenvalue weighted by atomic mass is 9.98. The van der Waals surface area contributed by atoms with Crippen molar-refractivity contribution < 1.29 is 27.8 Å². The highest BCUT2D eigenvalue weighted by molar-refractivity contribution is 5.96. The molecule has 0 saturated heterocycles. The monoisotopic (exact) mass is 377 g/mol. The van der Waals surface area contributed by atoms with E-state index in [9.17, 15) is 18.4 Å². The van der Waals surface area contributed by atoms with Crippen molar-refractivity contribution >= 4 is 17.6 Å². The fourth-order valence-electron chi connectivity index (χ4n) is 2.53. The van der Waals surface area contributed by atoms with Crippen LogP contribution in [0.15, 0.2) is 42.5 Å². The van der Waals surface area contributed by atoms with Crippen LogP contribution >= 0.6 is 0 Å². The molecule has 0 saturated carbocycles. The Kier molecular flexibility index (Phi) is 6.87. The molecule has 0 atom stereocenters. The van der Waals surface area contributed by atoms with E-state index in [1.54, 1.807) is 0 Å². The number of ether oxygens (including phenoxy) is 2. The van der Waals surface area contributed by atoms with Gasteiger partial charge in [0.25, 0.3) is 5.91 Å². The predicted molar refractivity (Wildman–Crippen MR) is 97.3 cm³/mol. The maximum Gasteiger partial charge on any atom is 0.387 e. The number of benzene rings is 2. The van der Waals surface area contributed by atoms with Crippen LogP contribution in [0.5, 0.6) is 5.75 Å². The van der Waals surface area contributed by atoms with Gasteiger partial charge in [0, 0.05) is 5.69 Å². The van der Waals surface area contributed by atoms with Crippen molar-refractivity contribution in [2.75, 3.05) is 11.9 Å². The number of amides is 1. The summed E-state index contributed by atoms with van der Waals surface area (Å²) in [6.45, 7) is 2.41. The zero-order valence-electron chi connectivity index (χ0n) is 15.3. The van der Waals surface area contributed by atoms with Crippen LogP contribution in [0, 0.1) is 6.92 Å². The van der Waals surface area contributed by atoms with E-state index in [0.29, 0.717) is 5.69 Å². The quantitative estimate of drug-likeness (QED) is 0.721. The fraction of sp³-hybridized carbons (Fsp3) is 0.300. The van der Waals surface area contributed by atoms with Crippen LogP contribution in [-0.4, -0.2) is 25.1 Å². The smallest absolute Gasteiger partial charge is 0.387 e. The van der Waals surface area contributed by atoms with Crippen molar-refractivity contribution in [2.24, 2.45) is 0 Å². The minimum atomic E-state index is -2.99. The molecule has 1 amide bonds. The molecule has 7 heteroatoms. The second kappa shape index (κ2) is 9.12. The molecule has 0 spiro atoms. The molecule has 144 valence electrons. The van der Waals surface area contributed by atoms with Gasteiger partial charge in [-0.2, -0.15) is 8.78 Å². The van der Waals surface area contributed by atoms with Gasteiger partial charge in [0.1, 0.15) is 5.75 Å². The predicted octanol–water partition coefficient (Wildman–Crippen LogP) is 4.52. The molecule has 0 aromatic heterocycles. The number of anilines is 1. The number of halogens is 2. The molecule has 1 N–H and O–H groups in total. The van der Waals surface area contributed by atoms with E-state index in [4.69, 9.17) is 4.74 Å². The Bertz CT molecular complexity index is 821. The Morgan fingerprint density at radius 3 is 2.48 bits per heavy atom. The summed E-state index contributed by atoms with van der Waals surface area (Å²) in [5.74, 6) is -1.25. The number of carbonyl (C=O) groups is 2. The van der Waals surface area contributed by atoms with Crippen LogP contribution in [0.4, 0.5) is 14.5 Å². The molecular formula is C20H21F2NO4. The Hall–Kier alpha value is -2.96. The number of nitrogens with one attached hydrogen (secondary N) is 1. The fourth-order valence-corrected chi connectivity index (χ4v) is 2.53. The van der Waals surface area contributed by atoms with Gasteiger partial charge in [0.05, 0.1) is 5.56 Å². The third kappa shape index (κ3) is 5.77. The van der Waals surface area contributed by atoms with Crippen molar-refractivity contribution in [3.05, 3.63) is 59.2 Å². The number of para-hydroxylation sites is 1. The first-order valence-electron chi connectivity index (χ1n) is 8.39. The van der Waals surface area contributed by atoms with E-state index in [0.717, 1.165) is 17.2 Å². The van der Waals surface area contributed by atoms with Gasteiger partial charge < -0.3 is 14.8 Å². The number of hydrogen-bond acceptors (Lipinski definition) is 4. The van der Waals surface area contributed by atoms with Gasteiger partial charge in [-0.25, -0.2) is 4.79 Å². The molecule has 2 aromatic rings. The third-order valence-corrected chi connectivity index (χ3v) is 3.82. The maximum absolute atomic E-state index is 12.2. The summed E-state index contributed by atoms with van der Waals surface area (Å²) in [4.78, 5) is 24.2. The molecule has 0 aliphatic heterocycles. The summed E-state index contributed by atoms with van der Waals surface area (Å²) in [5.41, 5.74) is 2.59. The van der Waals surface area contributed by atoms with Crippen LogP contribution in [0.3, 0.4) is 0 Å². The molecule has 0 unspecified atom stereocenters. The largest absolute Gasteiger partial charge is 0.452 e. The van der Waals surface area contributed by atoms with Crippen molar-refractivity contribution in [2.45, 2.75) is 33.3 Å². The summed E-state index contributed by atoms with van der Waals surface area (Å²) in [6.07, 6.45) is 0. The van der Waals surface area contributed by atoms with Crippen LogP contribution in [0.2, 0.25) is 0 Å². The standard InChI is InChI=1S/C20H21F2NO4/c1-12(2)16-9-4-6-13(3)18(16)23-17(24)11-26-19(25)14-7-5-8-15(10-14)27-20(21)22/h4-10,12,20H,11H2,1-3H3,(H,23,24). The number of esters is 1. The van der Waals surface area contributed by atoms with E-state index >= 15 is 0 Å². The minimum Gasteiger partial charge on any atom is -0.452 e. The van der Waals surface area contributed by atoms with Gasteiger partial charge >= 0.3 is 12.6 Å². The van der Waals surface area contributed by atoms with E-state index < -0.39 is 25.1 Å². The molecule has 0 fully saturated rings.